The van der Waals surface area contributed by atoms with Crippen molar-refractivity contribution in [2.45, 2.75) is 27.2 Å². The summed E-state index contributed by atoms with van der Waals surface area (Å²) in [5.41, 5.74) is 3.83. The van der Waals surface area contributed by atoms with Crippen LogP contribution in [0.1, 0.15) is 24.5 Å². The number of aryl methyl sites for hydroxylation is 2. The highest BCUT2D eigenvalue weighted by molar-refractivity contribution is 5.59. The Morgan fingerprint density at radius 3 is 2.56 bits per heavy atom. The maximum atomic E-state index is 5.81. The van der Waals surface area contributed by atoms with Crippen LogP contribution in [0.2, 0.25) is 0 Å². The third-order valence-corrected chi connectivity index (χ3v) is 3.31. The first-order valence-electron chi connectivity index (χ1n) is 6.79. The molecule has 0 aromatic heterocycles. The van der Waals surface area contributed by atoms with E-state index in [1.165, 1.54) is 16.8 Å². The van der Waals surface area contributed by atoms with Crippen molar-refractivity contribution in [1.29, 1.82) is 0 Å². The minimum atomic E-state index is 0.784. The molecule has 0 aliphatic carbocycles. The highest BCUT2D eigenvalue weighted by atomic mass is 16.5. The minimum Gasteiger partial charge on any atom is -0.493 e. The van der Waals surface area contributed by atoms with E-state index in [0.717, 1.165) is 45.1 Å². The summed E-state index contributed by atoms with van der Waals surface area (Å²) in [6.45, 7) is 10.8. The maximum absolute atomic E-state index is 5.81. The average molecular weight is 249 g/mol. The van der Waals surface area contributed by atoms with Gasteiger partial charge in [-0.05, 0) is 31.4 Å². The lowest BCUT2D eigenvalue weighted by Crippen LogP contribution is -2.36. The second-order valence-electron chi connectivity index (χ2n) is 4.85. The number of rotatable bonds is 4. The Morgan fingerprint density at radius 2 is 1.89 bits per heavy atom. The Morgan fingerprint density at radius 1 is 1.17 bits per heavy atom. The Labute approximate surface area is 110 Å². The Kier molecular flexibility index (Phi) is 4.48. The fourth-order valence-corrected chi connectivity index (χ4v) is 2.33. The SMILES string of the molecule is CCCOc1cc(N2CCOCC2)c(C)cc1C. The van der Waals surface area contributed by atoms with Crippen molar-refractivity contribution in [3.63, 3.8) is 0 Å². The van der Waals surface area contributed by atoms with Gasteiger partial charge in [-0.15, -0.1) is 0 Å². The van der Waals surface area contributed by atoms with Crippen molar-refractivity contribution in [2.75, 3.05) is 37.8 Å². The van der Waals surface area contributed by atoms with Gasteiger partial charge in [0, 0.05) is 24.8 Å². The van der Waals surface area contributed by atoms with E-state index >= 15 is 0 Å². The molecule has 0 spiro atoms. The zero-order chi connectivity index (χ0) is 13.0. The van der Waals surface area contributed by atoms with Crippen LogP contribution in [0.15, 0.2) is 12.1 Å². The molecule has 1 saturated heterocycles. The molecule has 1 aliphatic rings. The van der Waals surface area contributed by atoms with Crippen molar-refractivity contribution in [3.05, 3.63) is 23.3 Å². The van der Waals surface area contributed by atoms with E-state index in [-0.39, 0.29) is 0 Å². The van der Waals surface area contributed by atoms with E-state index < -0.39 is 0 Å². The summed E-state index contributed by atoms with van der Waals surface area (Å²) in [6, 6.07) is 4.40. The summed E-state index contributed by atoms with van der Waals surface area (Å²) in [5.74, 6) is 1.02. The molecule has 3 nitrogen and oxygen atoms in total. The fourth-order valence-electron chi connectivity index (χ4n) is 2.33. The largest absolute Gasteiger partial charge is 0.493 e. The lowest BCUT2D eigenvalue weighted by Gasteiger charge is -2.30. The number of hydrogen-bond acceptors (Lipinski definition) is 3. The lowest BCUT2D eigenvalue weighted by atomic mass is 10.1. The van der Waals surface area contributed by atoms with Gasteiger partial charge in [0.25, 0.3) is 0 Å². The van der Waals surface area contributed by atoms with Crippen LogP contribution >= 0.6 is 0 Å². The molecule has 0 saturated carbocycles. The molecule has 0 radical (unpaired) electrons. The molecule has 1 aromatic carbocycles. The van der Waals surface area contributed by atoms with Crippen LogP contribution in [-0.2, 0) is 4.74 Å². The van der Waals surface area contributed by atoms with Crippen LogP contribution in [-0.4, -0.2) is 32.9 Å². The van der Waals surface area contributed by atoms with Crippen molar-refractivity contribution in [3.8, 4) is 5.75 Å². The molecule has 0 N–H and O–H groups in total. The summed E-state index contributed by atoms with van der Waals surface area (Å²) in [5, 5.41) is 0. The second kappa shape index (κ2) is 6.10. The molecule has 18 heavy (non-hydrogen) atoms. The zero-order valence-electron chi connectivity index (χ0n) is 11.7. The van der Waals surface area contributed by atoms with Gasteiger partial charge in [-0.1, -0.05) is 13.0 Å². The van der Waals surface area contributed by atoms with E-state index in [4.69, 9.17) is 9.47 Å². The van der Waals surface area contributed by atoms with Gasteiger partial charge in [-0.25, -0.2) is 0 Å². The van der Waals surface area contributed by atoms with Crippen LogP contribution in [0, 0.1) is 13.8 Å². The summed E-state index contributed by atoms with van der Waals surface area (Å²) in [4.78, 5) is 2.39. The molecule has 1 aliphatic heterocycles. The Balaban J connectivity index is 2.22. The second-order valence-corrected chi connectivity index (χ2v) is 4.85. The van der Waals surface area contributed by atoms with E-state index in [2.05, 4.69) is 37.8 Å². The quantitative estimate of drug-likeness (QED) is 0.819. The maximum Gasteiger partial charge on any atom is 0.124 e. The molecule has 100 valence electrons. The number of anilines is 1. The predicted molar refractivity (Wildman–Crippen MR) is 74.7 cm³/mol. The molecule has 0 atom stereocenters. The standard InChI is InChI=1S/C15H23NO2/c1-4-7-18-15-11-14(12(2)10-13(15)3)16-5-8-17-9-6-16/h10-11H,4-9H2,1-3H3. The summed E-state index contributed by atoms with van der Waals surface area (Å²) >= 11 is 0. The van der Waals surface area contributed by atoms with Crippen molar-refractivity contribution >= 4 is 5.69 Å². The number of morpholine rings is 1. The summed E-state index contributed by atoms with van der Waals surface area (Å²) in [6.07, 6.45) is 1.04. The molecular weight excluding hydrogens is 226 g/mol. The third kappa shape index (κ3) is 2.96. The van der Waals surface area contributed by atoms with Gasteiger partial charge in [-0.3, -0.25) is 0 Å². The fraction of sp³-hybridized carbons (Fsp3) is 0.600. The predicted octanol–water partition coefficient (Wildman–Crippen LogP) is 2.93. The first-order valence-corrected chi connectivity index (χ1v) is 6.79. The van der Waals surface area contributed by atoms with Gasteiger partial charge in [0.1, 0.15) is 5.75 Å². The van der Waals surface area contributed by atoms with E-state index in [1.807, 2.05) is 0 Å². The molecule has 1 heterocycles. The van der Waals surface area contributed by atoms with Crippen molar-refractivity contribution in [1.82, 2.24) is 0 Å². The number of ether oxygens (including phenoxy) is 2. The smallest absolute Gasteiger partial charge is 0.124 e. The molecule has 2 rings (SSSR count). The normalized spacial score (nSPS) is 15.8. The van der Waals surface area contributed by atoms with Gasteiger partial charge in [0.15, 0.2) is 0 Å². The van der Waals surface area contributed by atoms with Crippen LogP contribution in [0.3, 0.4) is 0 Å². The molecule has 0 amide bonds. The van der Waals surface area contributed by atoms with Crippen molar-refractivity contribution < 1.29 is 9.47 Å². The molecule has 0 unspecified atom stereocenters. The Hall–Kier alpha value is -1.22. The molecule has 1 fully saturated rings. The van der Waals surface area contributed by atoms with E-state index in [0.29, 0.717) is 0 Å². The van der Waals surface area contributed by atoms with Crippen LogP contribution in [0.5, 0.6) is 5.75 Å². The van der Waals surface area contributed by atoms with Gasteiger partial charge in [-0.2, -0.15) is 0 Å². The zero-order valence-corrected chi connectivity index (χ0v) is 11.7. The topological polar surface area (TPSA) is 21.7 Å². The Bertz CT molecular complexity index is 398. The number of hydrogen-bond donors (Lipinski definition) is 0. The van der Waals surface area contributed by atoms with Gasteiger partial charge < -0.3 is 14.4 Å². The number of nitrogens with zero attached hydrogens (tertiary/aromatic N) is 1. The first kappa shape index (κ1) is 13.2. The molecule has 0 bridgehead atoms. The highest BCUT2D eigenvalue weighted by Crippen LogP contribution is 2.29. The average Bonchev–Trinajstić information content (AvgIpc) is 2.39. The lowest BCUT2D eigenvalue weighted by molar-refractivity contribution is 0.122. The van der Waals surface area contributed by atoms with Gasteiger partial charge in [0.05, 0.1) is 19.8 Å². The van der Waals surface area contributed by atoms with Gasteiger partial charge in [0.2, 0.25) is 0 Å². The third-order valence-electron chi connectivity index (χ3n) is 3.31. The van der Waals surface area contributed by atoms with Crippen LogP contribution in [0.4, 0.5) is 5.69 Å². The van der Waals surface area contributed by atoms with Crippen LogP contribution in [0.25, 0.3) is 0 Å². The number of benzene rings is 1. The van der Waals surface area contributed by atoms with Gasteiger partial charge >= 0.3 is 0 Å². The summed E-state index contributed by atoms with van der Waals surface area (Å²) in [7, 11) is 0. The molecule has 1 aromatic rings. The van der Waals surface area contributed by atoms with E-state index in [1.54, 1.807) is 0 Å². The highest BCUT2D eigenvalue weighted by Gasteiger charge is 2.15. The minimum absolute atomic E-state index is 0.784. The molecular formula is C15H23NO2. The first-order chi connectivity index (χ1) is 8.72. The van der Waals surface area contributed by atoms with E-state index in [9.17, 15) is 0 Å². The van der Waals surface area contributed by atoms with Crippen molar-refractivity contribution in [2.24, 2.45) is 0 Å². The monoisotopic (exact) mass is 249 g/mol. The molecule has 3 heteroatoms. The summed E-state index contributed by atoms with van der Waals surface area (Å²) < 4.78 is 11.2. The van der Waals surface area contributed by atoms with Crippen LogP contribution < -0.4 is 9.64 Å².